The zero-order chi connectivity index (χ0) is 19.6. The van der Waals surface area contributed by atoms with Crippen molar-refractivity contribution in [3.8, 4) is 0 Å². The number of likely N-dealkylation sites (tertiary alicyclic amines) is 1. The van der Waals surface area contributed by atoms with Crippen LogP contribution in [0.15, 0.2) is 36.4 Å². The largest absolute Gasteiger partial charge is 0.349 e. The van der Waals surface area contributed by atoms with E-state index in [1.165, 1.54) is 0 Å². The number of amides is 2. The standard InChI is InChI=1S/C21H28N4O2/c1-15-14-18(23-25(15)21(2,3)4)20(27)24-12-10-17(11-13-24)22-19(26)16-8-6-5-7-9-16/h5-9,14,17H,10-13H2,1-4H3,(H,22,26). The molecule has 3 rings (SSSR count). The third kappa shape index (κ3) is 4.38. The Labute approximate surface area is 160 Å². The SMILES string of the molecule is Cc1cc(C(=O)N2CCC(NC(=O)c3ccccc3)CC2)nn1C(C)(C)C. The van der Waals surface area contributed by atoms with Crippen LogP contribution >= 0.6 is 0 Å². The van der Waals surface area contributed by atoms with Crippen molar-refractivity contribution < 1.29 is 9.59 Å². The molecule has 2 heterocycles. The predicted octanol–water partition coefficient (Wildman–Crippen LogP) is 2.98. The lowest BCUT2D eigenvalue weighted by Gasteiger charge is -2.32. The molecule has 6 nitrogen and oxygen atoms in total. The highest BCUT2D eigenvalue weighted by Gasteiger charge is 2.27. The first kappa shape index (κ1) is 19.1. The van der Waals surface area contributed by atoms with E-state index in [2.05, 4.69) is 31.2 Å². The van der Waals surface area contributed by atoms with Crippen molar-refractivity contribution in [2.45, 2.75) is 52.1 Å². The van der Waals surface area contributed by atoms with Crippen molar-refractivity contribution in [2.24, 2.45) is 0 Å². The van der Waals surface area contributed by atoms with Gasteiger partial charge in [0.15, 0.2) is 5.69 Å². The van der Waals surface area contributed by atoms with Gasteiger partial charge in [0, 0.05) is 30.4 Å². The first-order chi connectivity index (χ1) is 12.8. The molecule has 2 aromatic rings. The van der Waals surface area contributed by atoms with E-state index < -0.39 is 0 Å². The second kappa shape index (κ2) is 7.55. The number of aromatic nitrogens is 2. The van der Waals surface area contributed by atoms with E-state index in [0.29, 0.717) is 24.3 Å². The molecule has 1 fully saturated rings. The Morgan fingerprint density at radius 1 is 1.11 bits per heavy atom. The highest BCUT2D eigenvalue weighted by molar-refractivity contribution is 5.94. The quantitative estimate of drug-likeness (QED) is 0.906. The summed E-state index contributed by atoms with van der Waals surface area (Å²) in [6.07, 6.45) is 1.51. The van der Waals surface area contributed by atoms with E-state index in [9.17, 15) is 9.59 Å². The van der Waals surface area contributed by atoms with Gasteiger partial charge >= 0.3 is 0 Å². The molecular formula is C21H28N4O2. The Balaban J connectivity index is 1.58. The topological polar surface area (TPSA) is 67.2 Å². The monoisotopic (exact) mass is 368 g/mol. The van der Waals surface area contributed by atoms with Crippen molar-refractivity contribution >= 4 is 11.8 Å². The number of nitrogens with one attached hydrogen (secondary N) is 1. The van der Waals surface area contributed by atoms with Gasteiger partial charge in [-0.2, -0.15) is 5.10 Å². The number of carbonyl (C=O) groups is 2. The maximum Gasteiger partial charge on any atom is 0.274 e. The third-order valence-corrected chi connectivity index (χ3v) is 4.90. The zero-order valence-electron chi connectivity index (χ0n) is 16.5. The Kier molecular flexibility index (Phi) is 5.35. The minimum Gasteiger partial charge on any atom is -0.349 e. The number of aryl methyl sites for hydroxylation is 1. The van der Waals surface area contributed by atoms with E-state index >= 15 is 0 Å². The molecule has 1 aromatic heterocycles. The van der Waals surface area contributed by atoms with Gasteiger partial charge in [-0.25, -0.2) is 0 Å². The first-order valence-corrected chi connectivity index (χ1v) is 9.48. The number of benzene rings is 1. The lowest BCUT2D eigenvalue weighted by molar-refractivity contribution is 0.0690. The van der Waals surface area contributed by atoms with Crippen LogP contribution in [0, 0.1) is 6.92 Å². The summed E-state index contributed by atoms with van der Waals surface area (Å²) < 4.78 is 1.90. The Morgan fingerprint density at radius 2 is 1.74 bits per heavy atom. The van der Waals surface area contributed by atoms with Crippen molar-refractivity contribution in [3.05, 3.63) is 53.3 Å². The number of hydrogen-bond acceptors (Lipinski definition) is 3. The minimum atomic E-state index is -0.155. The van der Waals surface area contributed by atoms with Crippen molar-refractivity contribution in [1.29, 1.82) is 0 Å². The van der Waals surface area contributed by atoms with Gasteiger partial charge in [-0.1, -0.05) is 18.2 Å². The predicted molar refractivity (Wildman–Crippen MR) is 105 cm³/mol. The molecular weight excluding hydrogens is 340 g/mol. The average Bonchev–Trinajstić information content (AvgIpc) is 3.04. The molecule has 2 amide bonds. The van der Waals surface area contributed by atoms with Crippen LogP contribution in [0.4, 0.5) is 0 Å². The number of hydrogen-bond donors (Lipinski definition) is 1. The number of carbonyl (C=O) groups excluding carboxylic acids is 2. The van der Waals surface area contributed by atoms with Gasteiger partial charge in [-0.3, -0.25) is 14.3 Å². The lowest BCUT2D eigenvalue weighted by atomic mass is 10.0. The molecule has 1 N–H and O–H groups in total. The molecule has 0 bridgehead atoms. The maximum absolute atomic E-state index is 12.8. The summed E-state index contributed by atoms with van der Waals surface area (Å²) in [4.78, 5) is 26.9. The van der Waals surface area contributed by atoms with Crippen LogP contribution < -0.4 is 5.32 Å². The van der Waals surface area contributed by atoms with E-state index in [4.69, 9.17) is 0 Å². The van der Waals surface area contributed by atoms with Crippen LogP contribution in [-0.4, -0.2) is 45.6 Å². The molecule has 1 aromatic carbocycles. The molecule has 144 valence electrons. The zero-order valence-corrected chi connectivity index (χ0v) is 16.5. The fourth-order valence-corrected chi connectivity index (χ4v) is 3.51. The van der Waals surface area contributed by atoms with E-state index in [-0.39, 0.29) is 23.4 Å². The fraction of sp³-hybridized carbons (Fsp3) is 0.476. The summed E-state index contributed by atoms with van der Waals surface area (Å²) in [7, 11) is 0. The Bertz CT molecular complexity index is 812. The molecule has 1 aliphatic rings. The molecule has 0 saturated carbocycles. The minimum absolute atomic E-state index is 0.0334. The summed E-state index contributed by atoms with van der Waals surface area (Å²) in [6, 6.07) is 11.2. The summed E-state index contributed by atoms with van der Waals surface area (Å²) in [5, 5.41) is 7.59. The van der Waals surface area contributed by atoms with Crippen molar-refractivity contribution in [3.63, 3.8) is 0 Å². The number of nitrogens with zero attached hydrogens (tertiary/aromatic N) is 3. The van der Waals surface area contributed by atoms with Gasteiger partial charge in [0.1, 0.15) is 0 Å². The maximum atomic E-state index is 12.8. The molecule has 0 unspecified atom stereocenters. The molecule has 0 atom stereocenters. The van der Waals surface area contributed by atoms with E-state index in [1.807, 2.05) is 52.9 Å². The second-order valence-corrected chi connectivity index (χ2v) is 8.16. The highest BCUT2D eigenvalue weighted by Crippen LogP contribution is 2.19. The van der Waals surface area contributed by atoms with Gasteiger partial charge in [-0.15, -0.1) is 0 Å². The van der Waals surface area contributed by atoms with Gasteiger partial charge in [-0.05, 0) is 58.7 Å². The van der Waals surface area contributed by atoms with Crippen LogP contribution in [0.3, 0.4) is 0 Å². The lowest BCUT2D eigenvalue weighted by Crippen LogP contribution is -2.46. The second-order valence-electron chi connectivity index (χ2n) is 8.16. The Hall–Kier alpha value is -2.63. The van der Waals surface area contributed by atoms with Crippen LogP contribution in [0.1, 0.15) is 60.2 Å². The molecule has 27 heavy (non-hydrogen) atoms. The van der Waals surface area contributed by atoms with Gasteiger partial charge < -0.3 is 10.2 Å². The summed E-state index contributed by atoms with van der Waals surface area (Å²) in [5.41, 5.74) is 1.99. The summed E-state index contributed by atoms with van der Waals surface area (Å²) >= 11 is 0. The van der Waals surface area contributed by atoms with Crippen LogP contribution in [0.25, 0.3) is 0 Å². The average molecular weight is 368 g/mol. The highest BCUT2D eigenvalue weighted by atomic mass is 16.2. The molecule has 0 spiro atoms. The summed E-state index contributed by atoms with van der Waals surface area (Å²) in [5.74, 6) is -0.0890. The van der Waals surface area contributed by atoms with Crippen molar-refractivity contribution in [2.75, 3.05) is 13.1 Å². The van der Waals surface area contributed by atoms with Gasteiger partial charge in [0.2, 0.25) is 0 Å². The van der Waals surface area contributed by atoms with E-state index in [1.54, 1.807) is 0 Å². The fourth-order valence-electron chi connectivity index (χ4n) is 3.51. The smallest absolute Gasteiger partial charge is 0.274 e. The molecule has 1 aliphatic heterocycles. The van der Waals surface area contributed by atoms with Crippen LogP contribution in [0.2, 0.25) is 0 Å². The van der Waals surface area contributed by atoms with Crippen LogP contribution in [0.5, 0.6) is 0 Å². The Morgan fingerprint density at radius 3 is 2.30 bits per heavy atom. The molecule has 0 radical (unpaired) electrons. The first-order valence-electron chi connectivity index (χ1n) is 9.48. The van der Waals surface area contributed by atoms with Crippen molar-refractivity contribution in [1.82, 2.24) is 20.0 Å². The molecule has 0 aliphatic carbocycles. The van der Waals surface area contributed by atoms with Crippen LogP contribution in [-0.2, 0) is 5.54 Å². The number of rotatable bonds is 3. The molecule has 1 saturated heterocycles. The van der Waals surface area contributed by atoms with Gasteiger partial charge in [0.25, 0.3) is 11.8 Å². The third-order valence-electron chi connectivity index (χ3n) is 4.90. The summed E-state index contributed by atoms with van der Waals surface area (Å²) in [6.45, 7) is 9.44. The van der Waals surface area contributed by atoms with E-state index in [0.717, 1.165) is 18.5 Å². The normalized spacial score (nSPS) is 15.6. The number of piperidine rings is 1. The van der Waals surface area contributed by atoms with Gasteiger partial charge in [0.05, 0.1) is 5.54 Å². The molecule has 6 heteroatoms.